The first-order chi connectivity index (χ1) is 12.8. The van der Waals surface area contributed by atoms with Gasteiger partial charge in [0.1, 0.15) is 0 Å². The molecule has 0 amide bonds. The Bertz CT molecular complexity index is 1060. The Balaban J connectivity index is 2.24. The van der Waals surface area contributed by atoms with Crippen molar-refractivity contribution in [3.05, 3.63) is 56.7 Å². The molecule has 3 rings (SSSR count). The van der Waals surface area contributed by atoms with E-state index in [1.165, 1.54) is 11.6 Å². The van der Waals surface area contributed by atoms with Crippen molar-refractivity contribution < 1.29 is 0 Å². The fourth-order valence-corrected chi connectivity index (χ4v) is 3.19. The average Bonchev–Trinajstić information content (AvgIpc) is 3.04. The summed E-state index contributed by atoms with van der Waals surface area (Å²) in [7, 11) is 7.12. The number of hydrogen-bond acceptors (Lipinski definition) is 5. The van der Waals surface area contributed by atoms with Crippen LogP contribution in [0.1, 0.15) is 18.5 Å². The number of hydrogen-bond donors (Lipinski definition) is 1. The summed E-state index contributed by atoms with van der Waals surface area (Å²) in [5, 5.41) is 3.32. The van der Waals surface area contributed by atoms with Crippen LogP contribution in [0.15, 0.2) is 39.9 Å². The van der Waals surface area contributed by atoms with Crippen molar-refractivity contribution in [3.63, 3.8) is 0 Å². The van der Waals surface area contributed by atoms with Crippen molar-refractivity contribution in [3.8, 4) is 0 Å². The van der Waals surface area contributed by atoms with Crippen molar-refractivity contribution in [2.45, 2.75) is 13.0 Å². The molecular formula is C19H26N6O2. The third kappa shape index (κ3) is 3.40. The Kier molecular flexibility index (Phi) is 5.18. The zero-order valence-electron chi connectivity index (χ0n) is 16.4. The second-order valence-electron chi connectivity index (χ2n) is 7.00. The van der Waals surface area contributed by atoms with Crippen molar-refractivity contribution in [1.82, 2.24) is 23.6 Å². The largest absolute Gasteiger partial charge is 0.354 e. The van der Waals surface area contributed by atoms with Gasteiger partial charge < -0.3 is 10.2 Å². The molecule has 144 valence electrons. The molecule has 8 nitrogen and oxygen atoms in total. The molecule has 3 aromatic rings. The Labute approximate surface area is 157 Å². The molecule has 0 aliphatic carbocycles. The van der Waals surface area contributed by atoms with E-state index in [2.05, 4.69) is 15.2 Å². The van der Waals surface area contributed by atoms with Crippen LogP contribution in [-0.2, 0) is 14.1 Å². The molecular weight excluding hydrogens is 344 g/mol. The van der Waals surface area contributed by atoms with Gasteiger partial charge in [-0.1, -0.05) is 30.3 Å². The van der Waals surface area contributed by atoms with Gasteiger partial charge in [-0.3, -0.25) is 18.5 Å². The minimum absolute atomic E-state index is 0.122. The van der Waals surface area contributed by atoms with Crippen molar-refractivity contribution >= 4 is 17.1 Å². The summed E-state index contributed by atoms with van der Waals surface area (Å²) in [4.78, 5) is 31.9. The number of likely N-dealkylation sites (N-methyl/N-ethyl adjacent to an activating group) is 1. The monoisotopic (exact) mass is 370 g/mol. The van der Waals surface area contributed by atoms with Gasteiger partial charge in [0.25, 0.3) is 5.56 Å². The van der Waals surface area contributed by atoms with Crippen LogP contribution >= 0.6 is 0 Å². The Morgan fingerprint density at radius 2 is 1.78 bits per heavy atom. The van der Waals surface area contributed by atoms with Gasteiger partial charge in [-0.25, -0.2) is 4.79 Å². The van der Waals surface area contributed by atoms with E-state index in [0.29, 0.717) is 23.7 Å². The second kappa shape index (κ2) is 7.40. The van der Waals surface area contributed by atoms with Gasteiger partial charge in [-0.05, 0) is 26.6 Å². The Morgan fingerprint density at radius 1 is 1.11 bits per heavy atom. The van der Waals surface area contributed by atoms with Gasteiger partial charge in [0.15, 0.2) is 11.2 Å². The van der Waals surface area contributed by atoms with E-state index in [-0.39, 0.29) is 17.3 Å². The second-order valence-corrected chi connectivity index (χ2v) is 7.00. The molecule has 2 aromatic heterocycles. The lowest BCUT2D eigenvalue weighted by molar-refractivity contribution is 0.424. The van der Waals surface area contributed by atoms with Crippen LogP contribution in [0.2, 0.25) is 0 Å². The third-order valence-electron chi connectivity index (χ3n) is 4.80. The van der Waals surface area contributed by atoms with E-state index in [4.69, 9.17) is 0 Å². The van der Waals surface area contributed by atoms with Crippen LogP contribution < -0.4 is 16.6 Å². The molecule has 1 aromatic carbocycles. The molecule has 1 unspecified atom stereocenters. The minimum atomic E-state index is -0.385. The lowest BCUT2D eigenvalue weighted by Crippen LogP contribution is -2.37. The number of imidazole rings is 1. The number of aryl methyl sites for hydroxylation is 1. The van der Waals surface area contributed by atoms with Crippen molar-refractivity contribution in [2.75, 3.05) is 32.5 Å². The highest BCUT2D eigenvalue weighted by Gasteiger charge is 2.23. The highest BCUT2D eigenvalue weighted by Crippen LogP contribution is 2.26. The number of fused-ring (bicyclic) bond motifs is 1. The van der Waals surface area contributed by atoms with Gasteiger partial charge in [-0.2, -0.15) is 4.98 Å². The van der Waals surface area contributed by atoms with Crippen LogP contribution in [0.4, 0.5) is 5.95 Å². The fraction of sp³-hybridized carbons (Fsp3) is 0.421. The summed E-state index contributed by atoms with van der Waals surface area (Å²) in [6, 6.07) is 9.82. The quantitative estimate of drug-likeness (QED) is 0.701. The summed E-state index contributed by atoms with van der Waals surface area (Å²) in [5.74, 6) is 0.585. The SMILES string of the molecule is CC(c1ccccc1)n1c(NCCN(C)C)nc2c1c(=O)n(C)c(=O)n2C. The van der Waals surface area contributed by atoms with Crippen LogP contribution in [0.25, 0.3) is 11.2 Å². The molecule has 0 aliphatic heterocycles. The average molecular weight is 370 g/mol. The Morgan fingerprint density at radius 3 is 2.41 bits per heavy atom. The lowest BCUT2D eigenvalue weighted by Gasteiger charge is -2.19. The third-order valence-corrected chi connectivity index (χ3v) is 4.80. The number of nitrogens with one attached hydrogen (secondary N) is 1. The normalized spacial score (nSPS) is 12.7. The number of nitrogens with zero attached hydrogens (tertiary/aromatic N) is 5. The highest BCUT2D eigenvalue weighted by molar-refractivity contribution is 5.74. The maximum absolute atomic E-state index is 12.9. The van der Waals surface area contributed by atoms with E-state index in [9.17, 15) is 9.59 Å². The molecule has 0 saturated carbocycles. The van der Waals surface area contributed by atoms with Crippen LogP contribution in [0.5, 0.6) is 0 Å². The number of aromatic nitrogens is 4. The van der Waals surface area contributed by atoms with Gasteiger partial charge in [0.2, 0.25) is 5.95 Å². The van der Waals surface area contributed by atoms with Gasteiger partial charge in [0.05, 0.1) is 6.04 Å². The molecule has 1 atom stereocenters. The minimum Gasteiger partial charge on any atom is -0.354 e. The maximum atomic E-state index is 12.9. The predicted octanol–water partition coefficient (Wildman–Crippen LogP) is 1.02. The summed E-state index contributed by atoms with van der Waals surface area (Å²) in [6.45, 7) is 3.52. The zero-order chi connectivity index (χ0) is 19.7. The maximum Gasteiger partial charge on any atom is 0.332 e. The molecule has 0 spiro atoms. The number of rotatable bonds is 6. The van der Waals surface area contributed by atoms with E-state index in [0.717, 1.165) is 16.7 Å². The molecule has 0 radical (unpaired) electrons. The molecule has 0 aliphatic rings. The molecule has 27 heavy (non-hydrogen) atoms. The molecule has 1 N–H and O–H groups in total. The predicted molar refractivity (Wildman–Crippen MR) is 108 cm³/mol. The zero-order valence-corrected chi connectivity index (χ0v) is 16.4. The van der Waals surface area contributed by atoms with E-state index >= 15 is 0 Å². The summed E-state index contributed by atoms with van der Waals surface area (Å²) in [5.41, 5.74) is 1.14. The first-order valence-electron chi connectivity index (χ1n) is 8.94. The Hall–Kier alpha value is -2.87. The molecule has 2 heterocycles. The number of anilines is 1. The fourth-order valence-electron chi connectivity index (χ4n) is 3.19. The first kappa shape index (κ1) is 18.9. The van der Waals surface area contributed by atoms with Gasteiger partial charge in [-0.15, -0.1) is 0 Å². The standard InChI is InChI=1S/C19H26N6O2/c1-13(14-9-7-6-8-10-14)25-15-16(21-18(25)20-11-12-22(2)3)23(4)19(27)24(5)17(15)26/h6-10,13H,11-12H2,1-5H3,(H,20,21). The topological polar surface area (TPSA) is 77.1 Å². The molecule has 0 bridgehead atoms. The lowest BCUT2D eigenvalue weighted by atomic mass is 10.1. The van der Waals surface area contributed by atoms with Gasteiger partial charge >= 0.3 is 5.69 Å². The first-order valence-corrected chi connectivity index (χ1v) is 8.94. The molecule has 8 heteroatoms. The van der Waals surface area contributed by atoms with Crippen molar-refractivity contribution in [1.29, 1.82) is 0 Å². The smallest absolute Gasteiger partial charge is 0.332 e. The van der Waals surface area contributed by atoms with E-state index < -0.39 is 0 Å². The van der Waals surface area contributed by atoms with Crippen molar-refractivity contribution in [2.24, 2.45) is 14.1 Å². The highest BCUT2D eigenvalue weighted by atomic mass is 16.2. The van der Waals surface area contributed by atoms with Gasteiger partial charge in [0, 0.05) is 27.2 Å². The molecule has 0 fully saturated rings. The van der Waals surface area contributed by atoms with E-state index in [1.807, 2.05) is 55.9 Å². The summed E-state index contributed by atoms with van der Waals surface area (Å²) >= 11 is 0. The number of benzene rings is 1. The van der Waals surface area contributed by atoms with Crippen LogP contribution in [0.3, 0.4) is 0 Å². The summed E-state index contributed by atoms with van der Waals surface area (Å²) in [6.07, 6.45) is 0. The van der Waals surface area contributed by atoms with Crippen LogP contribution in [0, 0.1) is 0 Å². The summed E-state index contributed by atoms with van der Waals surface area (Å²) < 4.78 is 4.44. The molecule has 0 saturated heterocycles. The van der Waals surface area contributed by atoms with Crippen LogP contribution in [-0.4, -0.2) is 50.8 Å². The van der Waals surface area contributed by atoms with E-state index in [1.54, 1.807) is 7.05 Å².